The molecule has 0 atom stereocenters. The van der Waals surface area contributed by atoms with E-state index in [2.05, 4.69) is 5.32 Å². The molecule has 0 heterocycles. The molecule has 1 N–H and O–H groups in total. The first-order valence-electron chi connectivity index (χ1n) is 5.91. The van der Waals surface area contributed by atoms with E-state index in [1.54, 1.807) is 12.1 Å². The van der Waals surface area contributed by atoms with Crippen LogP contribution in [0.1, 0.15) is 5.56 Å². The number of nitrogens with zero attached hydrogens (tertiary/aromatic N) is 1. The zero-order valence-electron chi connectivity index (χ0n) is 10.8. The summed E-state index contributed by atoms with van der Waals surface area (Å²) >= 11 is 5.81. The van der Waals surface area contributed by atoms with Crippen LogP contribution >= 0.6 is 11.6 Å². The Morgan fingerprint density at radius 1 is 1.25 bits per heavy atom. The molecule has 0 amide bonds. The Morgan fingerprint density at radius 3 is 2.55 bits per heavy atom. The summed E-state index contributed by atoms with van der Waals surface area (Å²) in [7, 11) is 1.41. The summed E-state index contributed by atoms with van der Waals surface area (Å²) in [5.41, 5.74) is 1.76. The van der Waals surface area contributed by atoms with E-state index < -0.39 is 4.92 Å². The average molecular weight is 293 g/mol. The Bertz CT molecular complexity index is 614. The van der Waals surface area contributed by atoms with E-state index in [1.807, 2.05) is 24.3 Å². The quantitative estimate of drug-likeness (QED) is 0.671. The van der Waals surface area contributed by atoms with Crippen molar-refractivity contribution in [3.63, 3.8) is 0 Å². The average Bonchev–Trinajstić information content (AvgIpc) is 2.46. The lowest BCUT2D eigenvalue weighted by Gasteiger charge is -2.08. The second-order valence-corrected chi connectivity index (χ2v) is 4.56. The van der Waals surface area contributed by atoms with Gasteiger partial charge in [0.25, 0.3) is 0 Å². The molecule has 0 fully saturated rings. The SMILES string of the molecule is COc1cc(NCc2ccc(Cl)cc2)ccc1[N+](=O)[O-]. The number of methoxy groups -OCH3 is 1. The lowest BCUT2D eigenvalue weighted by Crippen LogP contribution is -2.00. The summed E-state index contributed by atoms with van der Waals surface area (Å²) in [6.07, 6.45) is 0. The Morgan fingerprint density at radius 2 is 1.95 bits per heavy atom. The van der Waals surface area contributed by atoms with Gasteiger partial charge in [0.05, 0.1) is 12.0 Å². The third-order valence-electron chi connectivity index (χ3n) is 2.79. The molecule has 2 aromatic carbocycles. The van der Waals surface area contributed by atoms with Crippen LogP contribution in [0.4, 0.5) is 11.4 Å². The second-order valence-electron chi connectivity index (χ2n) is 4.12. The Hall–Kier alpha value is -2.27. The van der Waals surface area contributed by atoms with Gasteiger partial charge in [-0.05, 0) is 23.8 Å². The molecule has 0 aliphatic carbocycles. The van der Waals surface area contributed by atoms with Gasteiger partial charge in [0, 0.05) is 29.4 Å². The summed E-state index contributed by atoms with van der Waals surface area (Å²) in [6.45, 7) is 0.595. The van der Waals surface area contributed by atoms with E-state index in [0.29, 0.717) is 11.6 Å². The molecule has 20 heavy (non-hydrogen) atoms. The minimum Gasteiger partial charge on any atom is -0.490 e. The zero-order valence-corrected chi connectivity index (χ0v) is 11.6. The van der Waals surface area contributed by atoms with E-state index >= 15 is 0 Å². The summed E-state index contributed by atoms with van der Waals surface area (Å²) in [4.78, 5) is 10.3. The highest BCUT2D eigenvalue weighted by Gasteiger charge is 2.14. The molecule has 0 aromatic heterocycles. The molecule has 0 radical (unpaired) electrons. The van der Waals surface area contributed by atoms with E-state index in [1.165, 1.54) is 13.2 Å². The van der Waals surface area contributed by atoms with Crippen LogP contribution < -0.4 is 10.1 Å². The fourth-order valence-electron chi connectivity index (χ4n) is 1.74. The van der Waals surface area contributed by atoms with Crippen molar-refractivity contribution in [1.29, 1.82) is 0 Å². The molecule has 0 saturated carbocycles. The van der Waals surface area contributed by atoms with Gasteiger partial charge >= 0.3 is 5.69 Å². The fraction of sp³-hybridized carbons (Fsp3) is 0.143. The van der Waals surface area contributed by atoms with Gasteiger partial charge in [0.2, 0.25) is 0 Å². The predicted molar refractivity (Wildman–Crippen MR) is 78.4 cm³/mol. The summed E-state index contributed by atoms with van der Waals surface area (Å²) in [5.74, 6) is 0.233. The van der Waals surface area contributed by atoms with Crippen molar-refractivity contribution < 1.29 is 9.66 Å². The lowest BCUT2D eigenvalue weighted by molar-refractivity contribution is -0.385. The van der Waals surface area contributed by atoms with Gasteiger partial charge in [0.15, 0.2) is 5.75 Å². The minimum atomic E-state index is -0.470. The molecule has 0 saturated heterocycles. The van der Waals surface area contributed by atoms with Crippen molar-refractivity contribution in [2.24, 2.45) is 0 Å². The number of ether oxygens (including phenoxy) is 1. The number of nitrogens with one attached hydrogen (secondary N) is 1. The maximum Gasteiger partial charge on any atom is 0.311 e. The first-order chi connectivity index (χ1) is 9.60. The zero-order chi connectivity index (χ0) is 14.5. The van der Waals surface area contributed by atoms with Crippen molar-refractivity contribution in [3.8, 4) is 5.75 Å². The molecule has 0 spiro atoms. The molecule has 5 nitrogen and oxygen atoms in total. The third-order valence-corrected chi connectivity index (χ3v) is 3.04. The number of nitro groups is 1. The molecule has 2 aromatic rings. The maximum atomic E-state index is 10.8. The van der Waals surface area contributed by atoms with Gasteiger partial charge < -0.3 is 10.1 Å². The minimum absolute atomic E-state index is 0.0513. The molecular weight excluding hydrogens is 280 g/mol. The summed E-state index contributed by atoms with van der Waals surface area (Å²) < 4.78 is 5.02. The number of anilines is 1. The number of rotatable bonds is 5. The van der Waals surface area contributed by atoms with Gasteiger partial charge in [-0.3, -0.25) is 10.1 Å². The predicted octanol–water partition coefficient (Wildman–Crippen LogP) is 3.87. The largest absolute Gasteiger partial charge is 0.490 e. The highest BCUT2D eigenvalue weighted by atomic mass is 35.5. The number of hydrogen-bond donors (Lipinski definition) is 1. The van der Waals surface area contributed by atoms with Crippen LogP contribution in [-0.4, -0.2) is 12.0 Å². The monoisotopic (exact) mass is 292 g/mol. The van der Waals surface area contributed by atoms with Crippen molar-refractivity contribution in [3.05, 3.63) is 63.2 Å². The topological polar surface area (TPSA) is 64.4 Å². The molecule has 0 aliphatic heterocycles. The van der Waals surface area contributed by atoms with Crippen molar-refractivity contribution in [1.82, 2.24) is 0 Å². The van der Waals surface area contributed by atoms with Gasteiger partial charge in [-0.2, -0.15) is 0 Å². The normalized spacial score (nSPS) is 10.1. The van der Waals surface area contributed by atoms with Crippen LogP contribution in [0.15, 0.2) is 42.5 Å². The highest BCUT2D eigenvalue weighted by molar-refractivity contribution is 6.30. The molecular formula is C14H13ClN2O3. The molecule has 2 rings (SSSR count). The van der Waals surface area contributed by atoms with E-state index in [-0.39, 0.29) is 11.4 Å². The Kier molecular flexibility index (Phi) is 4.42. The van der Waals surface area contributed by atoms with Gasteiger partial charge in [0.1, 0.15) is 0 Å². The number of halogens is 1. The summed E-state index contributed by atoms with van der Waals surface area (Å²) in [5, 5.41) is 14.7. The molecule has 0 aliphatic rings. The number of nitro benzene ring substituents is 1. The van der Waals surface area contributed by atoms with Crippen LogP contribution in [-0.2, 0) is 6.54 Å². The van der Waals surface area contributed by atoms with E-state index in [9.17, 15) is 10.1 Å². The smallest absolute Gasteiger partial charge is 0.311 e. The van der Waals surface area contributed by atoms with Crippen LogP contribution in [0.5, 0.6) is 5.75 Å². The van der Waals surface area contributed by atoms with Gasteiger partial charge in [-0.15, -0.1) is 0 Å². The summed E-state index contributed by atoms with van der Waals surface area (Å²) in [6, 6.07) is 12.1. The van der Waals surface area contributed by atoms with Crippen molar-refractivity contribution >= 4 is 23.0 Å². The molecule has 104 valence electrons. The third kappa shape index (κ3) is 3.39. The number of benzene rings is 2. The Labute approximate surface area is 121 Å². The van der Waals surface area contributed by atoms with Gasteiger partial charge in [-0.1, -0.05) is 23.7 Å². The lowest BCUT2D eigenvalue weighted by atomic mass is 10.2. The van der Waals surface area contributed by atoms with Crippen molar-refractivity contribution in [2.75, 3.05) is 12.4 Å². The van der Waals surface area contributed by atoms with Crippen molar-refractivity contribution in [2.45, 2.75) is 6.54 Å². The maximum absolute atomic E-state index is 10.8. The first kappa shape index (κ1) is 14.1. The van der Waals surface area contributed by atoms with Crippen LogP contribution in [0.3, 0.4) is 0 Å². The van der Waals surface area contributed by atoms with Crippen LogP contribution in [0.25, 0.3) is 0 Å². The van der Waals surface area contributed by atoms with Crippen LogP contribution in [0, 0.1) is 10.1 Å². The second kappa shape index (κ2) is 6.25. The van der Waals surface area contributed by atoms with Gasteiger partial charge in [-0.25, -0.2) is 0 Å². The fourth-order valence-corrected chi connectivity index (χ4v) is 1.87. The molecule has 0 bridgehead atoms. The first-order valence-corrected chi connectivity index (χ1v) is 6.28. The molecule has 6 heteroatoms. The van der Waals surface area contributed by atoms with Crippen LogP contribution in [0.2, 0.25) is 5.02 Å². The Balaban J connectivity index is 2.10. The molecule has 0 unspecified atom stereocenters. The van der Waals surface area contributed by atoms with E-state index in [4.69, 9.17) is 16.3 Å². The van der Waals surface area contributed by atoms with E-state index in [0.717, 1.165) is 11.3 Å². The standard InChI is InChI=1S/C14H13ClN2O3/c1-20-14-8-12(6-7-13(14)17(18)19)16-9-10-2-4-11(15)5-3-10/h2-8,16H,9H2,1H3. The highest BCUT2D eigenvalue weighted by Crippen LogP contribution is 2.29. The number of hydrogen-bond acceptors (Lipinski definition) is 4.